The number of imidazole rings is 1. The Morgan fingerprint density at radius 3 is 2.86 bits per heavy atom. The fourth-order valence-corrected chi connectivity index (χ4v) is 2.72. The molecule has 120 valence electrons. The van der Waals surface area contributed by atoms with Gasteiger partial charge in [0.25, 0.3) is 0 Å². The Labute approximate surface area is 131 Å². The number of carbonyl (C=O) groups excluding carboxylic acids is 1. The number of nitrogens with zero attached hydrogens (tertiary/aromatic N) is 2. The molecule has 1 amide bonds. The zero-order chi connectivity index (χ0) is 16.1. The smallest absolute Gasteiger partial charge is 0.224 e. The third-order valence-corrected chi connectivity index (χ3v) is 3.66. The number of benzene rings is 1. The van der Waals surface area contributed by atoms with Gasteiger partial charge in [0.1, 0.15) is 5.82 Å². The first-order valence-corrected chi connectivity index (χ1v) is 7.76. The van der Waals surface area contributed by atoms with Gasteiger partial charge in [0, 0.05) is 26.3 Å². The molecule has 5 heteroatoms. The van der Waals surface area contributed by atoms with Crippen LogP contribution in [0.4, 0.5) is 0 Å². The van der Waals surface area contributed by atoms with E-state index < -0.39 is 0 Å². The second kappa shape index (κ2) is 7.40. The van der Waals surface area contributed by atoms with E-state index in [0.717, 1.165) is 28.8 Å². The van der Waals surface area contributed by atoms with Crippen molar-refractivity contribution in [1.82, 2.24) is 14.9 Å². The Morgan fingerprint density at radius 1 is 1.41 bits per heavy atom. The molecule has 1 aromatic heterocycles. The highest BCUT2D eigenvalue weighted by Crippen LogP contribution is 2.21. The summed E-state index contributed by atoms with van der Waals surface area (Å²) in [5.41, 5.74) is 3.07. The molecule has 0 aliphatic rings. The molecule has 0 bridgehead atoms. The van der Waals surface area contributed by atoms with E-state index in [2.05, 4.69) is 34.8 Å². The summed E-state index contributed by atoms with van der Waals surface area (Å²) in [5.74, 6) is 1.04. The lowest BCUT2D eigenvalue weighted by Gasteiger charge is -2.10. The lowest BCUT2D eigenvalue weighted by molar-refractivity contribution is -0.120. The van der Waals surface area contributed by atoms with Crippen molar-refractivity contribution < 1.29 is 9.53 Å². The monoisotopic (exact) mass is 303 g/mol. The van der Waals surface area contributed by atoms with E-state index >= 15 is 0 Å². The van der Waals surface area contributed by atoms with Gasteiger partial charge in [0.05, 0.1) is 17.5 Å². The molecule has 0 saturated carbocycles. The Bertz CT molecular complexity index is 647. The number of ether oxygens (including phenoxy) is 1. The largest absolute Gasteiger partial charge is 0.385 e. The number of hydrogen-bond donors (Lipinski definition) is 1. The average molecular weight is 303 g/mol. The van der Waals surface area contributed by atoms with Crippen LogP contribution in [0.1, 0.15) is 37.7 Å². The molecule has 0 saturated heterocycles. The summed E-state index contributed by atoms with van der Waals surface area (Å²) < 4.78 is 7.17. The number of methoxy groups -OCH3 is 1. The first-order chi connectivity index (χ1) is 10.5. The second-order valence-electron chi connectivity index (χ2n) is 5.82. The van der Waals surface area contributed by atoms with Crippen molar-refractivity contribution in [3.8, 4) is 0 Å². The number of carbonyl (C=O) groups is 1. The minimum atomic E-state index is 0.0375. The van der Waals surface area contributed by atoms with Crippen LogP contribution in [-0.2, 0) is 16.0 Å². The molecule has 0 radical (unpaired) electrons. The first-order valence-electron chi connectivity index (χ1n) is 7.76. The van der Waals surface area contributed by atoms with Crippen LogP contribution in [0.3, 0.4) is 0 Å². The van der Waals surface area contributed by atoms with Crippen LogP contribution in [0.25, 0.3) is 11.0 Å². The van der Waals surface area contributed by atoms with Gasteiger partial charge in [-0.1, -0.05) is 6.07 Å². The lowest BCUT2D eigenvalue weighted by atomic mass is 10.1. The standard InChI is InChI=1S/C17H25N3O2/c1-12(2)20-13(3)19-15-10-14(6-7-16(15)20)11-17(21)18-8-5-9-22-4/h6-7,10,12H,5,8-9,11H2,1-4H3,(H,18,21). The fourth-order valence-electron chi connectivity index (χ4n) is 2.72. The molecule has 0 aliphatic heterocycles. The predicted octanol–water partition coefficient (Wildman–Crippen LogP) is 2.62. The molecule has 0 atom stereocenters. The average Bonchev–Trinajstić information content (AvgIpc) is 2.78. The third kappa shape index (κ3) is 3.85. The number of aromatic nitrogens is 2. The van der Waals surface area contributed by atoms with E-state index in [4.69, 9.17) is 4.74 Å². The number of fused-ring (bicyclic) bond motifs is 1. The highest BCUT2D eigenvalue weighted by Gasteiger charge is 2.11. The maximum atomic E-state index is 11.9. The molecule has 0 unspecified atom stereocenters. The molecular weight excluding hydrogens is 278 g/mol. The minimum Gasteiger partial charge on any atom is -0.385 e. The molecule has 1 heterocycles. The number of amides is 1. The molecule has 1 aromatic carbocycles. The number of nitrogens with one attached hydrogen (secondary N) is 1. The van der Waals surface area contributed by atoms with Crippen LogP contribution in [0.5, 0.6) is 0 Å². The van der Waals surface area contributed by atoms with Gasteiger partial charge >= 0.3 is 0 Å². The molecule has 0 fully saturated rings. The van der Waals surface area contributed by atoms with Gasteiger partial charge < -0.3 is 14.6 Å². The predicted molar refractivity (Wildman–Crippen MR) is 88.1 cm³/mol. The third-order valence-electron chi connectivity index (χ3n) is 3.66. The molecular formula is C17H25N3O2. The topological polar surface area (TPSA) is 56.1 Å². The molecule has 1 N–H and O–H groups in total. The molecule has 22 heavy (non-hydrogen) atoms. The van der Waals surface area contributed by atoms with E-state index in [0.29, 0.717) is 25.6 Å². The number of hydrogen-bond acceptors (Lipinski definition) is 3. The summed E-state index contributed by atoms with van der Waals surface area (Å²) in [6.45, 7) is 7.63. The maximum absolute atomic E-state index is 11.9. The minimum absolute atomic E-state index is 0.0375. The van der Waals surface area contributed by atoms with Crippen molar-refractivity contribution >= 4 is 16.9 Å². The second-order valence-corrected chi connectivity index (χ2v) is 5.82. The summed E-state index contributed by atoms with van der Waals surface area (Å²) in [7, 11) is 1.66. The molecule has 5 nitrogen and oxygen atoms in total. The van der Waals surface area contributed by atoms with Gasteiger partial charge in [0.2, 0.25) is 5.91 Å². The zero-order valence-electron chi connectivity index (χ0n) is 13.8. The summed E-state index contributed by atoms with van der Waals surface area (Å²) in [4.78, 5) is 16.5. The quantitative estimate of drug-likeness (QED) is 0.800. The van der Waals surface area contributed by atoms with E-state index in [1.807, 2.05) is 19.1 Å². The van der Waals surface area contributed by atoms with Crippen LogP contribution < -0.4 is 5.32 Å². The van der Waals surface area contributed by atoms with Gasteiger partial charge in [-0.15, -0.1) is 0 Å². The molecule has 0 aliphatic carbocycles. The van der Waals surface area contributed by atoms with E-state index in [1.165, 1.54) is 0 Å². The molecule has 0 spiro atoms. The molecule has 2 rings (SSSR count). The number of rotatable bonds is 7. The maximum Gasteiger partial charge on any atom is 0.224 e. The highest BCUT2D eigenvalue weighted by atomic mass is 16.5. The fraction of sp³-hybridized carbons (Fsp3) is 0.529. The van der Waals surface area contributed by atoms with Crippen molar-refractivity contribution in [1.29, 1.82) is 0 Å². The number of aryl methyl sites for hydroxylation is 1. The van der Waals surface area contributed by atoms with Gasteiger partial charge in [-0.25, -0.2) is 4.98 Å². The van der Waals surface area contributed by atoms with Gasteiger partial charge in [0.15, 0.2) is 0 Å². The highest BCUT2D eigenvalue weighted by molar-refractivity contribution is 5.82. The summed E-state index contributed by atoms with van der Waals surface area (Å²) in [5, 5.41) is 2.90. The molecule has 2 aromatic rings. The van der Waals surface area contributed by atoms with Gasteiger partial charge in [-0.3, -0.25) is 4.79 Å². The van der Waals surface area contributed by atoms with Crippen molar-refractivity contribution in [3.63, 3.8) is 0 Å². The van der Waals surface area contributed by atoms with Gasteiger partial charge in [-0.2, -0.15) is 0 Å². The van der Waals surface area contributed by atoms with Crippen LogP contribution in [0.2, 0.25) is 0 Å². The Kier molecular flexibility index (Phi) is 5.55. The van der Waals surface area contributed by atoms with Crippen molar-refractivity contribution in [2.45, 2.75) is 39.7 Å². The lowest BCUT2D eigenvalue weighted by Crippen LogP contribution is -2.26. The van der Waals surface area contributed by atoms with Crippen LogP contribution in [0, 0.1) is 6.92 Å². The van der Waals surface area contributed by atoms with Crippen molar-refractivity contribution in [3.05, 3.63) is 29.6 Å². The van der Waals surface area contributed by atoms with Crippen molar-refractivity contribution in [2.75, 3.05) is 20.3 Å². The van der Waals surface area contributed by atoms with E-state index in [-0.39, 0.29) is 5.91 Å². The SMILES string of the molecule is COCCCNC(=O)Cc1ccc2c(c1)nc(C)n2C(C)C. The van der Waals surface area contributed by atoms with Crippen LogP contribution in [0.15, 0.2) is 18.2 Å². The Morgan fingerprint density at radius 2 is 2.18 bits per heavy atom. The van der Waals surface area contributed by atoms with E-state index in [9.17, 15) is 4.79 Å². The van der Waals surface area contributed by atoms with Crippen LogP contribution >= 0.6 is 0 Å². The van der Waals surface area contributed by atoms with E-state index in [1.54, 1.807) is 7.11 Å². The Hall–Kier alpha value is -1.88. The zero-order valence-corrected chi connectivity index (χ0v) is 13.8. The summed E-state index contributed by atoms with van der Waals surface area (Å²) in [6, 6.07) is 6.45. The Balaban J connectivity index is 2.05. The summed E-state index contributed by atoms with van der Waals surface area (Å²) in [6.07, 6.45) is 1.22. The van der Waals surface area contributed by atoms with Crippen molar-refractivity contribution in [2.24, 2.45) is 0 Å². The first kappa shape index (κ1) is 16.5. The summed E-state index contributed by atoms with van der Waals surface area (Å²) >= 11 is 0. The van der Waals surface area contributed by atoms with Crippen LogP contribution in [-0.4, -0.2) is 35.7 Å². The van der Waals surface area contributed by atoms with Gasteiger partial charge in [-0.05, 0) is 44.9 Å². The normalized spacial score (nSPS) is 11.3.